The van der Waals surface area contributed by atoms with Crippen molar-refractivity contribution < 1.29 is 0 Å². The molecule has 0 aliphatic heterocycles. The van der Waals surface area contributed by atoms with Gasteiger partial charge < -0.3 is 5.73 Å². The molecule has 2 fully saturated rings. The summed E-state index contributed by atoms with van der Waals surface area (Å²) in [5.74, 6) is 0.680. The molecule has 0 amide bonds. The molecular formula is C23H22N10. The third kappa shape index (κ3) is 2.77. The maximum absolute atomic E-state index is 9.53. The number of nitrogens with zero attached hydrogens (tertiary/aromatic N) is 9. The zero-order valence-corrected chi connectivity index (χ0v) is 18.2. The number of hydrogen-bond donors (Lipinski definition) is 1. The molecule has 164 valence electrons. The molecule has 4 heterocycles. The second-order valence-electron chi connectivity index (χ2n) is 9.52. The predicted molar refractivity (Wildman–Crippen MR) is 119 cm³/mol. The van der Waals surface area contributed by atoms with E-state index in [4.69, 9.17) is 16.0 Å². The molecule has 0 atom stereocenters. The van der Waals surface area contributed by atoms with Gasteiger partial charge in [0.05, 0.1) is 71.4 Å². The molecule has 2 N–H and O–H groups in total. The third-order valence-corrected chi connectivity index (χ3v) is 7.35. The van der Waals surface area contributed by atoms with Crippen molar-refractivity contribution in [1.29, 1.82) is 10.5 Å². The summed E-state index contributed by atoms with van der Waals surface area (Å²) in [4.78, 5) is 4.90. The van der Waals surface area contributed by atoms with Gasteiger partial charge in [-0.3, -0.25) is 9.36 Å². The Hall–Kier alpha value is -4.18. The number of hydrogen-bond acceptors (Lipinski definition) is 7. The van der Waals surface area contributed by atoms with Crippen LogP contribution in [0.3, 0.4) is 0 Å². The largest absolute Gasteiger partial charge is 0.383 e. The molecule has 4 aromatic heterocycles. The second kappa shape index (κ2) is 6.66. The van der Waals surface area contributed by atoms with Gasteiger partial charge in [-0.15, -0.1) is 0 Å². The van der Waals surface area contributed by atoms with Crippen LogP contribution in [0.2, 0.25) is 0 Å². The van der Waals surface area contributed by atoms with E-state index in [-0.39, 0.29) is 16.9 Å². The first-order valence-corrected chi connectivity index (χ1v) is 10.9. The van der Waals surface area contributed by atoms with Crippen LogP contribution in [0, 0.1) is 34.0 Å². The van der Waals surface area contributed by atoms with Gasteiger partial charge in [-0.1, -0.05) is 0 Å². The van der Waals surface area contributed by atoms with Crippen molar-refractivity contribution in [3.63, 3.8) is 0 Å². The van der Waals surface area contributed by atoms with Crippen LogP contribution in [0.4, 0.5) is 5.82 Å². The van der Waals surface area contributed by atoms with Gasteiger partial charge in [0.2, 0.25) is 0 Å². The summed E-state index contributed by atoms with van der Waals surface area (Å²) in [7, 11) is 1.79. The van der Waals surface area contributed by atoms with Crippen LogP contribution >= 0.6 is 0 Å². The smallest absolute Gasteiger partial charge is 0.130 e. The minimum absolute atomic E-state index is 0.153. The topological polar surface area (TPSA) is 139 Å². The maximum Gasteiger partial charge on any atom is 0.130 e. The Morgan fingerprint density at radius 3 is 2.67 bits per heavy atom. The standard InChI is InChI=1S/C23H22N10/c1-31-21(26)17(10-28-31)18-12-32-19(2-5-27-32)20(30-18)16-9-29-33(11-16)23(3-4-24)13-22(14-23)6-15(7-22)8-25/h2,5,9-12,15H,3,6-7,13-14,26H2,1H3. The third-order valence-electron chi connectivity index (χ3n) is 7.35. The zero-order valence-electron chi connectivity index (χ0n) is 18.2. The first-order chi connectivity index (χ1) is 16.0. The lowest BCUT2D eigenvalue weighted by molar-refractivity contribution is -0.108. The van der Waals surface area contributed by atoms with Crippen molar-refractivity contribution >= 4 is 11.3 Å². The van der Waals surface area contributed by atoms with Crippen LogP contribution in [-0.2, 0) is 12.6 Å². The van der Waals surface area contributed by atoms with E-state index in [0.717, 1.165) is 48.0 Å². The van der Waals surface area contributed by atoms with Gasteiger partial charge in [0.15, 0.2) is 0 Å². The van der Waals surface area contributed by atoms with Gasteiger partial charge in [0, 0.05) is 24.7 Å². The highest BCUT2D eigenvalue weighted by molar-refractivity contribution is 5.80. The molecule has 0 bridgehead atoms. The summed E-state index contributed by atoms with van der Waals surface area (Å²) in [6.45, 7) is 0. The van der Waals surface area contributed by atoms with Gasteiger partial charge in [0.1, 0.15) is 5.82 Å². The molecule has 6 rings (SSSR count). The molecule has 4 aromatic rings. The summed E-state index contributed by atoms with van der Waals surface area (Å²) in [5, 5.41) is 32.0. The first kappa shape index (κ1) is 19.5. The van der Waals surface area contributed by atoms with Crippen LogP contribution in [0.15, 0.2) is 37.1 Å². The number of fused-ring (bicyclic) bond motifs is 1. The molecule has 2 saturated carbocycles. The number of nitrogen functional groups attached to an aromatic ring is 1. The van der Waals surface area contributed by atoms with Crippen molar-refractivity contribution in [1.82, 2.24) is 34.2 Å². The average Bonchev–Trinajstić information content (AvgIpc) is 3.49. The average molecular weight is 438 g/mol. The summed E-state index contributed by atoms with van der Waals surface area (Å²) >= 11 is 0. The molecule has 10 heteroatoms. The minimum atomic E-state index is -0.324. The van der Waals surface area contributed by atoms with Crippen molar-refractivity contribution in [3.8, 4) is 34.7 Å². The lowest BCUT2D eigenvalue weighted by Crippen LogP contribution is -2.58. The molecule has 0 radical (unpaired) electrons. The monoisotopic (exact) mass is 438 g/mol. The summed E-state index contributed by atoms with van der Waals surface area (Å²) in [5.41, 5.74) is 9.92. The fourth-order valence-electron chi connectivity index (χ4n) is 5.84. The van der Waals surface area contributed by atoms with E-state index in [1.807, 2.05) is 23.1 Å². The predicted octanol–water partition coefficient (Wildman–Crippen LogP) is 2.90. The van der Waals surface area contributed by atoms with Crippen molar-refractivity contribution in [2.24, 2.45) is 18.4 Å². The number of aromatic nitrogens is 7. The number of aryl methyl sites for hydroxylation is 1. The lowest BCUT2D eigenvalue weighted by atomic mass is 9.45. The first-order valence-electron chi connectivity index (χ1n) is 10.9. The van der Waals surface area contributed by atoms with E-state index in [2.05, 4.69) is 27.4 Å². The number of anilines is 1. The molecule has 33 heavy (non-hydrogen) atoms. The minimum Gasteiger partial charge on any atom is -0.383 e. The van der Waals surface area contributed by atoms with Gasteiger partial charge in [-0.05, 0) is 37.2 Å². The van der Waals surface area contributed by atoms with Gasteiger partial charge in [-0.2, -0.15) is 25.8 Å². The fourth-order valence-corrected chi connectivity index (χ4v) is 5.84. The van der Waals surface area contributed by atoms with Crippen LogP contribution in [0.25, 0.3) is 28.0 Å². The van der Waals surface area contributed by atoms with Gasteiger partial charge >= 0.3 is 0 Å². The van der Waals surface area contributed by atoms with E-state index >= 15 is 0 Å². The molecule has 1 spiro atoms. The normalized spacial score (nSPS) is 26.0. The molecule has 10 nitrogen and oxygen atoms in total. The van der Waals surface area contributed by atoms with E-state index in [1.54, 1.807) is 34.8 Å². The van der Waals surface area contributed by atoms with Crippen molar-refractivity contribution in [2.45, 2.75) is 37.6 Å². The summed E-state index contributed by atoms with van der Waals surface area (Å²) < 4.78 is 5.33. The van der Waals surface area contributed by atoms with E-state index in [9.17, 15) is 5.26 Å². The Morgan fingerprint density at radius 2 is 1.97 bits per heavy atom. The Kier molecular flexibility index (Phi) is 3.93. The number of nitrogens with two attached hydrogens (primary N) is 1. The molecule has 0 aromatic carbocycles. The van der Waals surface area contributed by atoms with Crippen molar-refractivity contribution in [3.05, 3.63) is 37.1 Å². The van der Waals surface area contributed by atoms with Gasteiger partial charge in [0.25, 0.3) is 0 Å². The highest BCUT2D eigenvalue weighted by Crippen LogP contribution is 2.66. The maximum atomic E-state index is 9.53. The highest BCUT2D eigenvalue weighted by Gasteiger charge is 2.61. The Morgan fingerprint density at radius 1 is 1.15 bits per heavy atom. The van der Waals surface area contributed by atoms with E-state index < -0.39 is 0 Å². The molecule has 2 aliphatic rings. The Balaban J connectivity index is 1.39. The lowest BCUT2D eigenvalue weighted by Gasteiger charge is -2.61. The van der Waals surface area contributed by atoms with Gasteiger partial charge in [-0.25, -0.2) is 9.50 Å². The Labute approximate surface area is 189 Å². The number of nitriles is 2. The Bertz CT molecular complexity index is 1460. The van der Waals surface area contributed by atoms with Crippen LogP contribution < -0.4 is 5.73 Å². The van der Waals surface area contributed by atoms with Crippen LogP contribution in [0.5, 0.6) is 0 Å². The zero-order chi connectivity index (χ0) is 22.8. The van der Waals surface area contributed by atoms with Crippen LogP contribution in [0.1, 0.15) is 32.1 Å². The number of rotatable bonds is 4. The van der Waals surface area contributed by atoms with Crippen molar-refractivity contribution in [2.75, 3.05) is 5.73 Å². The molecule has 0 unspecified atom stereocenters. The van der Waals surface area contributed by atoms with Crippen LogP contribution in [-0.4, -0.2) is 34.2 Å². The summed E-state index contributed by atoms with van der Waals surface area (Å²) in [6, 6.07) is 6.64. The quantitative estimate of drug-likeness (QED) is 0.516. The molecular weight excluding hydrogens is 416 g/mol. The van der Waals surface area contributed by atoms with E-state index in [0.29, 0.717) is 17.9 Å². The highest BCUT2D eigenvalue weighted by atomic mass is 15.3. The molecule has 0 saturated heterocycles. The van der Waals surface area contributed by atoms with E-state index in [1.165, 1.54) is 0 Å². The summed E-state index contributed by atoms with van der Waals surface area (Å²) in [6.07, 6.45) is 13.1. The SMILES string of the molecule is Cn1ncc(-c2cn3nccc3c(-c3cnn(C4(CC#N)CC5(CC(C#N)C5)C4)c3)n2)c1N. The fraction of sp³-hybridized carbons (Fsp3) is 0.391. The molecule has 2 aliphatic carbocycles. The second-order valence-corrected chi connectivity index (χ2v) is 9.52.